The number of benzene rings is 4. The topological polar surface area (TPSA) is 173 Å². The first kappa shape index (κ1) is 58.3. The molecule has 0 aromatic heterocycles. The molecule has 0 aliphatic heterocycles. The first-order valence-corrected chi connectivity index (χ1v) is 26.8. The largest absolute Gasteiger partial charge is 2.00 e. The van der Waals surface area contributed by atoms with Crippen molar-refractivity contribution >= 4 is 58.0 Å². The normalized spacial score (nSPS) is 11.4. The number of unbranched alkanes of at least 4 members (excludes halogenated alkanes) is 22. The quantitative estimate of drug-likeness (QED) is 0.0272. The average molecular weight is 963 g/mol. The fourth-order valence-electron chi connectivity index (χ4n) is 7.58. The minimum absolute atomic E-state index is 0. The van der Waals surface area contributed by atoms with E-state index in [1.165, 1.54) is 183 Å². The summed E-state index contributed by atoms with van der Waals surface area (Å²) >= 11 is 0. The van der Waals surface area contributed by atoms with Gasteiger partial charge in [0.1, 0.15) is 38.9 Å². The van der Waals surface area contributed by atoms with Gasteiger partial charge in [-0.3, -0.25) is 4.55 Å². The number of hydrogen-bond donors (Lipinski definition) is 2. The van der Waals surface area contributed by atoms with Gasteiger partial charge in [-0.1, -0.05) is 167 Å². The van der Waals surface area contributed by atoms with Crippen LogP contribution in [0, 0.1) is 0 Å². The third-order valence-corrected chi connectivity index (χ3v) is 13.1. The summed E-state index contributed by atoms with van der Waals surface area (Å²) in [7, 11) is -8.70. The minimum atomic E-state index is -4.48. The van der Waals surface area contributed by atoms with Gasteiger partial charge in [0.2, 0.25) is 0 Å². The Labute approximate surface area is 421 Å². The second-order valence-electron chi connectivity index (χ2n) is 16.9. The standard InChI is InChI=1S/2C26H38O5S.Ca/c2*1-2-3-4-5-6-7-8-9-10-11-12-13-14-22-21-24(17-20-26(22)27)31-23-15-18-25(19-16-23)32(28,29)30;/h2*15-21,27H,2-14H2,1H3,(H,28,29,30);/q;;+2/p-2. The predicted octanol–water partition coefficient (Wildman–Crippen LogP) is 14.0. The number of hydrogen-bond acceptors (Lipinski definition) is 9. The molecule has 2 N–H and O–H groups in total. The Bertz CT molecular complexity index is 1940. The number of phenolic OH excluding ortho intramolecular Hbond substituents is 1. The van der Waals surface area contributed by atoms with E-state index in [9.17, 15) is 31.6 Å². The Kier molecular flexibility index (Phi) is 30.1. The maximum absolute atomic E-state index is 12.2. The number of aryl methyl sites for hydroxylation is 2. The van der Waals surface area contributed by atoms with Gasteiger partial charge in [0, 0.05) is 0 Å². The molecule has 4 rings (SSSR count). The summed E-state index contributed by atoms with van der Waals surface area (Å²) in [6.07, 6.45) is 32.4. The molecule has 0 saturated carbocycles. The van der Waals surface area contributed by atoms with E-state index < -0.39 is 20.2 Å². The van der Waals surface area contributed by atoms with Crippen LogP contribution in [-0.2, 0) is 33.1 Å². The molecule has 356 valence electrons. The molecule has 0 atom stereocenters. The van der Waals surface area contributed by atoms with Crippen LogP contribution in [0.25, 0.3) is 0 Å². The molecule has 0 spiro atoms. The van der Waals surface area contributed by atoms with Crippen LogP contribution in [0.2, 0.25) is 0 Å². The predicted molar refractivity (Wildman–Crippen MR) is 260 cm³/mol. The van der Waals surface area contributed by atoms with Gasteiger partial charge in [-0.15, -0.1) is 5.75 Å². The van der Waals surface area contributed by atoms with Crippen molar-refractivity contribution in [2.75, 3.05) is 0 Å². The van der Waals surface area contributed by atoms with Crippen molar-refractivity contribution < 1.29 is 45.6 Å². The van der Waals surface area contributed by atoms with E-state index in [4.69, 9.17) is 14.0 Å². The third kappa shape index (κ3) is 25.8. The van der Waals surface area contributed by atoms with Crippen LogP contribution in [0.1, 0.15) is 179 Å². The van der Waals surface area contributed by atoms with Gasteiger partial charge in [-0.05, 0) is 110 Å². The van der Waals surface area contributed by atoms with Gasteiger partial charge in [-0.2, -0.15) is 8.42 Å². The molecule has 0 aliphatic rings. The van der Waals surface area contributed by atoms with Gasteiger partial charge in [0.15, 0.2) is 0 Å². The zero-order valence-electron chi connectivity index (χ0n) is 39.2. The number of phenols is 1. The molecular weight excluding hydrogens is 889 g/mol. The maximum Gasteiger partial charge on any atom is 2.00 e. The summed E-state index contributed by atoms with van der Waals surface area (Å²) in [6, 6.07) is 20.8. The van der Waals surface area contributed by atoms with Crippen LogP contribution in [0.5, 0.6) is 34.5 Å². The third-order valence-electron chi connectivity index (χ3n) is 11.4. The van der Waals surface area contributed by atoms with Gasteiger partial charge in [0.05, 0.1) is 9.79 Å². The van der Waals surface area contributed by atoms with Crippen molar-refractivity contribution in [1.29, 1.82) is 0 Å². The van der Waals surface area contributed by atoms with Gasteiger partial charge >= 0.3 is 37.7 Å². The molecule has 0 aliphatic carbocycles. The van der Waals surface area contributed by atoms with Crippen LogP contribution in [-0.4, -0.2) is 68.8 Å². The van der Waals surface area contributed by atoms with Crippen molar-refractivity contribution in [3.63, 3.8) is 0 Å². The summed E-state index contributed by atoms with van der Waals surface area (Å²) in [5, 5.41) is 22.3. The SMILES string of the molecule is CCCCCCCCCCCCCCc1cc(Oc2ccc(S(=O)(=O)O)cc2)ccc1O.CCCCCCCCCCCCCCc1cc(Oc2ccc(S(=O)(=O)[O-])cc2)ccc1[O-].[Ca+2]. The minimum Gasteiger partial charge on any atom is -0.872 e. The van der Waals surface area contributed by atoms with Gasteiger partial charge in [0.25, 0.3) is 10.1 Å². The van der Waals surface area contributed by atoms with Gasteiger partial charge in [-0.25, -0.2) is 8.42 Å². The molecule has 0 saturated heterocycles. The summed E-state index contributed by atoms with van der Waals surface area (Å²) in [5.41, 5.74) is 1.58. The molecule has 10 nitrogen and oxygen atoms in total. The zero-order valence-corrected chi connectivity index (χ0v) is 43.0. The van der Waals surface area contributed by atoms with Crippen LogP contribution < -0.4 is 14.6 Å². The summed E-state index contributed by atoms with van der Waals surface area (Å²) < 4.78 is 75.8. The zero-order chi connectivity index (χ0) is 46.5. The maximum atomic E-state index is 12.2. The summed E-state index contributed by atoms with van der Waals surface area (Å²) in [5.74, 6) is 2.25. The Morgan fingerprint density at radius 3 is 1.15 bits per heavy atom. The van der Waals surface area contributed by atoms with E-state index in [2.05, 4.69) is 13.8 Å². The monoisotopic (exact) mass is 962 g/mol. The van der Waals surface area contributed by atoms with Crippen LogP contribution in [0.15, 0.2) is 94.7 Å². The Balaban J connectivity index is 0.000000440. The van der Waals surface area contributed by atoms with Crippen molar-refractivity contribution in [1.82, 2.24) is 0 Å². The molecule has 0 heterocycles. The molecule has 0 bridgehead atoms. The van der Waals surface area contributed by atoms with E-state index in [1.54, 1.807) is 24.3 Å². The number of rotatable bonds is 32. The van der Waals surface area contributed by atoms with Crippen molar-refractivity contribution in [3.05, 3.63) is 96.1 Å². The smallest absolute Gasteiger partial charge is 0.872 e. The first-order chi connectivity index (χ1) is 30.8. The van der Waals surface area contributed by atoms with E-state index in [0.29, 0.717) is 23.0 Å². The summed E-state index contributed by atoms with van der Waals surface area (Å²) in [6.45, 7) is 4.50. The fourth-order valence-corrected chi connectivity index (χ4v) is 8.53. The molecule has 0 fully saturated rings. The molecule has 0 radical (unpaired) electrons. The van der Waals surface area contributed by atoms with Crippen molar-refractivity contribution in [2.45, 2.75) is 191 Å². The van der Waals surface area contributed by atoms with Gasteiger partial charge < -0.3 is 24.2 Å². The van der Waals surface area contributed by atoms with Crippen LogP contribution in [0.3, 0.4) is 0 Å². The Morgan fingerprint density at radius 2 is 0.769 bits per heavy atom. The molecule has 0 amide bonds. The number of aromatic hydroxyl groups is 1. The second kappa shape index (κ2) is 33.6. The Morgan fingerprint density at radius 1 is 0.446 bits per heavy atom. The average Bonchev–Trinajstić information content (AvgIpc) is 3.26. The first-order valence-electron chi connectivity index (χ1n) is 23.9. The molecule has 0 unspecified atom stereocenters. The molecule has 4 aromatic carbocycles. The molecule has 65 heavy (non-hydrogen) atoms. The molecule has 4 aromatic rings. The van der Waals surface area contributed by atoms with E-state index >= 15 is 0 Å². The van der Waals surface area contributed by atoms with Crippen molar-refractivity contribution in [3.8, 4) is 34.5 Å². The van der Waals surface area contributed by atoms with Crippen LogP contribution in [0.4, 0.5) is 0 Å². The van der Waals surface area contributed by atoms with E-state index in [1.807, 2.05) is 6.07 Å². The molecular formula is C52H74CaO10S2. The van der Waals surface area contributed by atoms with Crippen molar-refractivity contribution in [2.24, 2.45) is 0 Å². The Hall–Kier alpha value is -2.84. The van der Waals surface area contributed by atoms with E-state index in [0.717, 1.165) is 49.7 Å². The fraction of sp³-hybridized carbons (Fsp3) is 0.538. The summed E-state index contributed by atoms with van der Waals surface area (Å²) in [4.78, 5) is -0.476. The molecule has 13 heteroatoms. The van der Waals surface area contributed by atoms with Crippen LogP contribution >= 0.6 is 0 Å². The number of ether oxygens (including phenoxy) is 2. The second-order valence-corrected chi connectivity index (χ2v) is 19.7. The van der Waals surface area contributed by atoms with E-state index in [-0.39, 0.29) is 59.0 Å².